The Labute approximate surface area is 132 Å². The fraction of sp³-hybridized carbons (Fsp3) is 0.333. The Morgan fingerprint density at radius 1 is 0.952 bits per heavy atom. The van der Waals surface area contributed by atoms with Crippen LogP contribution in [-0.2, 0) is 13.0 Å². The smallest absolute Gasteiger partial charge is 0.119 e. The molecule has 0 saturated heterocycles. The van der Waals surface area contributed by atoms with Crippen molar-refractivity contribution in [3.05, 3.63) is 64.7 Å². The molecular weight excluding hydrogens is 282 g/mol. The molecule has 2 aromatic carbocycles. The predicted octanol–water partition coefficient (Wildman–Crippen LogP) is 4.46. The van der Waals surface area contributed by atoms with Gasteiger partial charge < -0.3 is 10.1 Å². The summed E-state index contributed by atoms with van der Waals surface area (Å²) in [7, 11) is 0. The van der Waals surface area contributed by atoms with Gasteiger partial charge in [-0.25, -0.2) is 0 Å². The Morgan fingerprint density at radius 2 is 1.67 bits per heavy atom. The Bertz CT molecular complexity index is 539. The van der Waals surface area contributed by atoms with Gasteiger partial charge in [-0.1, -0.05) is 42.8 Å². The fourth-order valence-electron chi connectivity index (χ4n) is 2.16. The highest BCUT2D eigenvalue weighted by molar-refractivity contribution is 6.30. The quantitative estimate of drug-likeness (QED) is 0.727. The van der Waals surface area contributed by atoms with E-state index in [0.717, 1.165) is 30.3 Å². The molecule has 0 saturated carbocycles. The largest absolute Gasteiger partial charge is 0.489 e. The Hall–Kier alpha value is -1.51. The summed E-state index contributed by atoms with van der Waals surface area (Å²) in [5.41, 5.74) is 2.58. The molecule has 0 unspecified atom stereocenters. The molecular formula is C18H22ClNO. The highest BCUT2D eigenvalue weighted by Gasteiger charge is 2.03. The van der Waals surface area contributed by atoms with Crippen LogP contribution >= 0.6 is 11.6 Å². The van der Waals surface area contributed by atoms with Crippen molar-refractivity contribution in [1.82, 2.24) is 5.32 Å². The molecule has 0 aliphatic carbocycles. The van der Waals surface area contributed by atoms with Crippen molar-refractivity contribution >= 4 is 11.6 Å². The molecule has 0 amide bonds. The van der Waals surface area contributed by atoms with Gasteiger partial charge in [0.05, 0.1) is 0 Å². The number of nitrogens with one attached hydrogen (secondary N) is 1. The van der Waals surface area contributed by atoms with Crippen molar-refractivity contribution in [3.63, 3.8) is 0 Å². The minimum Gasteiger partial charge on any atom is -0.489 e. The summed E-state index contributed by atoms with van der Waals surface area (Å²) in [6.07, 6.45) is 2.20. The van der Waals surface area contributed by atoms with Crippen molar-refractivity contribution in [1.29, 1.82) is 0 Å². The molecule has 0 atom stereocenters. The zero-order valence-electron chi connectivity index (χ0n) is 12.4. The van der Waals surface area contributed by atoms with Gasteiger partial charge in [-0.3, -0.25) is 0 Å². The first-order chi connectivity index (χ1) is 10.3. The number of benzene rings is 2. The summed E-state index contributed by atoms with van der Waals surface area (Å²) in [6.45, 7) is 4.85. The van der Waals surface area contributed by atoms with Gasteiger partial charge in [-0.15, -0.1) is 0 Å². The maximum Gasteiger partial charge on any atom is 0.119 e. The molecule has 0 radical (unpaired) electrons. The van der Waals surface area contributed by atoms with Crippen LogP contribution in [0, 0.1) is 0 Å². The van der Waals surface area contributed by atoms with Crippen LogP contribution in [0.15, 0.2) is 48.5 Å². The first-order valence-corrected chi connectivity index (χ1v) is 7.83. The van der Waals surface area contributed by atoms with Crippen molar-refractivity contribution in [2.45, 2.75) is 26.4 Å². The van der Waals surface area contributed by atoms with Crippen LogP contribution in [0.5, 0.6) is 5.75 Å². The number of halogens is 1. The first kappa shape index (κ1) is 15.9. The van der Waals surface area contributed by atoms with E-state index < -0.39 is 0 Å². The standard InChI is InChI=1S/C18H22ClNO/c1-2-12-20-13-11-15-5-3-4-6-16(15)14-21-18-9-7-17(19)8-10-18/h3-10,20H,2,11-14H2,1H3. The topological polar surface area (TPSA) is 21.3 Å². The lowest BCUT2D eigenvalue weighted by Gasteiger charge is -2.11. The zero-order valence-corrected chi connectivity index (χ0v) is 13.2. The van der Waals surface area contributed by atoms with E-state index in [-0.39, 0.29) is 0 Å². The predicted molar refractivity (Wildman–Crippen MR) is 89.1 cm³/mol. The van der Waals surface area contributed by atoms with Crippen LogP contribution in [0.2, 0.25) is 5.02 Å². The van der Waals surface area contributed by atoms with Gasteiger partial charge in [0, 0.05) is 5.02 Å². The lowest BCUT2D eigenvalue weighted by Crippen LogP contribution is -2.18. The lowest BCUT2D eigenvalue weighted by atomic mass is 10.1. The van der Waals surface area contributed by atoms with E-state index in [1.165, 1.54) is 17.5 Å². The van der Waals surface area contributed by atoms with Gasteiger partial charge in [0.25, 0.3) is 0 Å². The summed E-state index contributed by atoms with van der Waals surface area (Å²) in [6, 6.07) is 15.9. The molecule has 0 bridgehead atoms. The number of hydrogen-bond acceptors (Lipinski definition) is 2. The second kappa shape index (κ2) is 8.71. The molecule has 2 rings (SSSR count). The zero-order chi connectivity index (χ0) is 14.9. The van der Waals surface area contributed by atoms with Gasteiger partial charge in [-0.2, -0.15) is 0 Å². The minimum atomic E-state index is 0.589. The average Bonchev–Trinajstić information content (AvgIpc) is 2.52. The molecule has 0 aromatic heterocycles. The van der Waals surface area contributed by atoms with Gasteiger partial charge in [0.2, 0.25) is 0 Å². The van der Waals surface area contributed by atoms with E-state index in [2.05, 4.69) is 36.5 Å². The van der Waals surface area contributed by atoms with Crippen molar-refractivity contribution in [2.24, 2.45) is 0 Å². The summed E-state index contributed by atoms with van der Waals surface area (Å²) < 4.78 is 5.84. The normalized spacial score (nSPS) is 10.6. The van der Waals surface area contributed by atoms with Crippen molar-refractivity contribution < 1.29 is 4.74 Å². The van der Waals surface area contributed by atoms with E-state index in [9.17, 15) is 0 Å². The summed E-state index contributed by atoms with van der Waals surface area (Å²) in [4.78, 5) is 0. The van der Waals surface area contributed by atoms with E-state index in [4.69, 9.17) is 16.3 Å². The number of rotatable bonds is 8. The highest BCUT2D eigenvalue weighted by Crippen LogP contribution is 2.18. The van der Waals surface area contributed by atoms with Crippen LogP contribution in [-0.4, -0.2) is 13.1 Å². The molecule has 0 aliphatic rings. The van der Waals surface area contributed by atoms with Crippen LogP contribution in [0.1, 0.15) is 24.5 Å². The molecule has 0 heterocycles. The minimum absolute atomic E-state index is 0.589. The first-order valence-electron chi connectivity index (χ1n) is 7.45. The van der Waals surface area contributed by atoms with Crippen LogP contribution in [0.3, 0.4) is 0 Å². The maximum absolute atomic E-state index is 5.87. The molecule has 0 fully saturated rings. The monoisotopic (exact) mass is 303 g/mol. The number of hydrogen-bond donors (Lipinski definition) is 1. The molecule has 2 nitrogen and oxygen atoms in total. The third kappa shape index (κ3) is 5.41. The van der Waals surface area contributed by atoms with E-state index in [1.807, 2.05) is 24.3 Å². The van der Waals surface area contributed by atoms with Crippen molar-refractivity contribution in [2.75, 3.05) is 13.1 Å². The number of ether oxygens (including phenoxy) is 1. The van der Waals surface area contributed by atoms with Gasteiger partial charge in [0.1, 0.15) is 12.4 Å². The SMILES string of the molecule is CCCNCCc1ccccc1COc1ccc(Cl)cc1. The molecule has 3 heteroatoms. The molecule has 0 spiro atoms. The third-order valence-electron chi connectivity index (χ3n) is 3.32. The van der Waals surface area contributed by atoms with E-state index in [0.29, 0.717) is 6.61 Å². The van der Waals surface area contributed by atoms with Crippen molar-refractivity contribution in [3.8, 4) is 5.75 Å². The average molecular weight is 304 g/mol. The third-order valence-corrected chi connectivity index (χ3v) is 3.58. The Balaban J connectivity index is 1.91. The van der Waals surface area contributed by atoms with Gasteiger partial charge in [0.15, 0.2) is 0 Å². The molecule has 21 heavy (non-hydrogen) atoms. The van der Waals surface area contributed by atoms with E-state index in [1.54, 1.807) is 0 Å². The van der Waals surface area contributed by atoms with Crippen LogP contribution < -0.4 is 10.1 Å². The van der Waals surface area contributed by atoms with Gasteiger partial charge in [-0.05, 0) is 61.3 Å². The van der Waals surface area contributed by atoms with Crippen LogP contribution in [0.4, 0.5) is 0 Å². The fourth-order valence-corrected chi connectivity index (χ4v) is 2.28. The Kier molecular flexibility index (Phi) is 6.58. The maximum atomic E-state index is 5.87. The molecule has 0 aliphatic heterocycles. The van der Waals surface area contributed by atoms with E-state index >= 15 is 0 Å². The highest BCUT2D eigenvalue weighted by atomic mass is 35.5. The molecule has 1 N–H and O–H groups in total. The van der Waals surface area contributed by atoms with Gasteiger partial charge >= 0.3 is 0 Å². The summed E-state index contributed by atoms with van der Waals surface area (Å²) in [5.74, 6) is 0.846. The molecule has 2 aromatic rings. The summed E-state index contributed by atoms with van der Waals surface area (Å²) >= 11 is 5.87. The van der Waals surface area contributed by atoms with Crippen LogP contribution in [0.25, 0.3) is 0 Å². The Morgan fingerprint density at radius 3 is 2.38 bits per heavy atom. The second-order valence-corrected chi connectivity index (χ2v) is 5.45. The summed E-state index contributed by atoms with van der Waals surface area (Å²) in [5, 5.41) is 4.16. The lowest BCUT2D eigenvalue weighted by molar-refractivity contribution is 0.305. The second-order valence-electron chi connectivity index (χ2n) is 5.01. The molecule has 112 valence electrons.